The quantitative estimate of drug-likeness (QED) is 0.903. The summed E-state index contributed by atoms with van der Waals surface area (Å²) in [5.74, 6) is 0.664. The first-order chi connectivity index (χ1) is 9.11. The van der Waals surface area contributed by atoms with Crippen LogP contribution in [0.15, 0.2) is 24.3 Å². The van der Waals surface area contributed by atoms with E-state index in [-0.39, 0.29) is 0 Å². The molecule has 2 atom stereocenters. The Morgan fingerprint density at radius 2 is 2.21 bits per heavy atom. The Labute approximate surface area is 116 Å². The molecule has 2 unspecified atom stereocenters. The molecular formula is C16H26N2O. The van der Waals surface area contributed by atoms with E-state index in [1.165, 1.54) is 11.3 Å². The number of methoxy groups -OCH3 is 1. The fourth-order valence-corrected chi connectivity index (χ4v) is 2.69. The molecule has 2 rings (SSSR count). The summed E-state index contributed by atoms with van der Waals surface area (Å²) in [6.45, 7) is 9.67. The average Bonchev–Trinajstić information content (AvgIpc) is 2.39. The van der Waals surface area contributed by atoms with Crippen molar-refractivity contribution >= 4 is 5.69 Å². The molecular weight excluding hydrogens is 236 g/mol. The molecule has 1 heterocycles. The number of anilines is 1. The van der Waals surface area contributed by atoms with Crippen LogP contribution in [-0.2, 0) is 11.3 Å². The summed E-state index contributed by atoms with van der Waals surface area (Å²) in [7, 11) is 1.74. The fraction of sp³-hybridized carbons (Fsp3) is 0.625. The van der Waals surface area contributed by atoms with Crippen molar-refractivity contribution in [1.82, 2.24) is 5.32 Å². The average molecular weight is 262 g/mol. The standard InChI is InChI=1S/C16H26N2O/c1-12(2)16-10-18(13(3)9-17-16)15-7-5-6-14(8-15)11-19-4/h5-8,12-13,16-17H,9-11H2,1-4H3. The lowest BCUT2D eigenvalue weighted by Gasteiger charge is -2.42. The van der Waals surface area contributed by atoms with Crippen molar-refractivity contribution in [2.45, 2.75) is 39.5 Å². The summed E-state index contributed by atoms with van der Waals surface area (Å²) in [6.07, 6.45) is 0. The molecule has 0 aliphatic carbocycles. The zero-order valence-electron chi connectivity index (χ0n) is 12.5. The Balaban J connectivity index is 2.16. The van der Waals surface area contributed by atoms with Crippen LogP contribution >= 0.6 is 0 Å². The van der Waals surface area contributed by atoms with Crippen LogP contribution in [0.3, 0.4) is 0 Å². The first-order valence-electron chi connectivity index (χ1n) is 7.19. The monoisotopic (exact) mass is 262 g/mol. The van der Waals surface area contributed by atoms with Crippen LogP contribution in [0.5, 0.6) is 0 Å². The smallest absolute Gasteiger partial charge is 0.0713 e. The second-order valence-electron chi connectivity index (χ2n) is 5.86. The Bertz CT molecular complexity index is 405. The molecule has 3 nitrogen and oxygen atoms in total. The lowest BCUT2D eigenvalue weighted by molar-refractivity contribution is 0.185. The van der Waals surface area contributed by atoms with Gasteiger partial charge in [0.25, 0.3) is 0 Å². The van der Waals surface area contributed by atoms with Crippen LogP contribution in [0, 0.1) is 5.92 Å². The molecule has 3 heteroatoms. The zero-order chi connectivity index (χ0) is 13.8. The number of ether oxygens (including phenoxy) is 1. The molecule has 1 fully saturated rings. The van der Waals surface area contributed by atoms with Crippen molar-refractivity contribution < 1.29 is 4.74 Å². The van der Waals surface area contributed by atoms with Crippen molar-refractivity contribution in [2.24, 2.45) is 5.92 Å². The maximum absolute atomic E-state index is 5.23. The summed E-state index contributed by atoms with van der Waals surface area (Å²) in [5.41, 5.74) is 2.56. The van der Waals surface area contributed by atoms with Crippen LogP contribution in [-0.4, -0.2) is 32.3 Å². The number of hydrogen-bond acceptors (Lipinski definition) is 3. The maximum atomic E-state index is 5.23. The summed E-state index contributed by atoms with van der Waals surface area (Å²) in [6, 6.07) is 9.82. The Hall–Kier alpha value is -1.06. The van der Waals surface area contributed by atoms with E-state index in [0.29, 0.717) is 24.6 Å². The van der Waals surface area contributed by atoms with Crippen LogP contribution in [0.2, 0.25) is 0 Å². The van der Waals surface area contributed by atoms with E-state index >= 15 is 0 Å². The van der Waals surface area contributed by atoms with Gasteiger partial charge in [-0.15, -0.1) is 0 Å². The number of nitrogens with zero attached hydrogens (tertiary/aromatic N) is 1. The molecule has 1 aliphatic heterocycles. The van der Waals surface area contributed by atoms with Gasteiger partial charge in [-0.2, -0.15) is 0 Å². The Kier molecular flexibility index (Phi) is 4.83. The van der Waals surface area contributed by atoms with Gasteiger partial charge in [-0.25, -0.2) is 0 Å². The molecule has 0 aromatic heterocycles. The van der Waals surface area contributed by atoms with Crippen LogP contribution in [0.25, 0.3) is 0 Å². The van der Waals surface area contributed by atoms with Crippen molar-refractivity contribution in [1.29, 1.82) is 0 Å². The SMILES string of the molecule is COCc1cccc(N2CC(C(C)C)NCC2C)c1. The predicted molar refractivity (Wildman–Crippen MR) is 80.6 cm³/mol. The molecule has 19 heavy (non-hydrogen) atoms. The summed E-state index contributed by atoms with van der Waals surface area (Å²) in [5, 5.41) is 3.64. The van der Waals surface area contributed by atoms with E-state index in [9.17, 15) is 0 Å². The van der Waals surface area contributed by atoms with Crippen molar-refractivity contribution in [2.75, 3.05) is 25.1 Å². The molecule has 0 bridgehead atoms. The minimum absolute atomic E-state index is 0.535. The fourth-order valence-electron chi connectivity index (χ4n) is 2.69. The van der Waals surface area contributed by atoms with Gasteiger partial charge >= 0.3 is 0 Å². The normalized spacial score (nSPS) is 23.9. The second kappa shape index (κ2) is 6.40. The first kappa shape index (κ1) is 14.4. The number of benzene rings is 1. The third kappa shape index (κ3) is 3.48. The van der Waals surface area contributed by atoms with Gasteiger partial charge in [-0.3, -0.25) is 0 Å². The number of rotatable bonds is 4. The van der Waals surface area contributed by atoms with E-state index in [1.807, 2.05) is 0 Å². The maximum Gasteiger partial charge on any atom is 0.0713 e. The van der Waals surface area contributed by atoms with Crippen molar-refractivity contribution in [3.8, 4) is 0 Å². The summed E-state index contributed by atoms with van der Waals surface area (Å²) in [4.78, 5) is 2.51. The van der Waals surface area contributed by atoms with Gasteiger partial charge in [0.1, 0.15) is 0 Å². The van der Waals surface area contributed by atoms with E-state index in [2.05, 4.69) is 55.3 Å². The highest BCUT2D eigenvalue weighted by atomic mass is 16.5. The number of nitrogens with one attached hydrogen (secondary N) is 1. The molecule has 1 aliphatic rings. The van der Waals surface area contributed by atoms with Gasteiger partial charge in [0.15, 0.2) is 0 Å². The van der Waals surface area contributed by atoms with Gasteiger partial charge in [0, 0.05) is 38.0 Å². The minimum Gasteiger partial charge on any atom is -0.380 e. The van der Waals surface area contributed by atoms with E-state index in [4.69, 9.17) is 4.74 Å². The lowest BCUT2D eigenvalue weighted by atomic mass is 9.99. The second-order valence-corrected chi connectivity index (χ2v) is 5.86. The topological polar surface area (TPSA) is 24.5 Å². The first-order valence-corrected chi connectivity index (χ1v) is 7.19. The Morgan fingerprint density at radius 3 is 2.89 bits per heavy atom. The number of piperazine rings is 1. The number of hydrogen-bond donors (Lipinski definition) is 1. The van der Waals surface area contributed by atoms with Gasteiger partial charge in [0.2, 0.25) is 0 Å². The summed E-state index contributed by atoms with van der Waals surface area (Å²) < 4.78 is 5.23. The predicted octanol–water partition coefficient (Wildman–Crippen LogP) is 2.66. The third-order valence-electron chi connectivity index (χ3n) is 3.96. The van der Waals surface area contributed by atoms with Crippen molar-refractivity contribution in [3.05, 3.63) is 29.8 Å². The minimum atomic E-state index is 0.535. The van der Waals surface area contributed by atoms with Crippen molar-refractivity contribution in [3.63, 3.8) is 0 Å². The third-order valence-corrected chi connectivity index (χ3v) is 3.96. The van der Waals surface area contributed by atoms with Crippen LogP contribution in [0.4, 0.5) is 5.69 Å². The molecule has 1 N–H and O–H groups in total. The molecule has 0 spiro atoms. The molecule has 1 aromatic rings. The Morgan fingerprint density at radius 1 is 1.42 bits per heavy atom. The molecule has 0 saturated carbocycles. The molecule has 1 saturated heterocycles. The van der Waals surface area contributed by atoms with Crippen LogP contribution < -0.4 is 10.2 Å². The highest BCUT2D eigenvalue weighted by Crippen LogP contribution is 2.23. The van der Waals surface area contributed by atoms with E-state index < -0.39 is 0 Å². The van der Waals surface area contributed by atoms with Crippen LogP contribution in [0.1, 0.15) is 26.3 Å². The lowest BCUT2D eigenvalue weighted by Crippen LogP contribution is -2.57. The molecule has 0 amide bonds. The highest BCUT2D eigenvalue weighted by Gasteiger charge is 2.26. The van der Waals surface area contributed by atoms with Gasteiger partial charge in [-0.05, 0) is 30.5 Å². The van der Waals surface area contributed by atoms with Gasteiger partial charge in [-0.1, -0.05) is 26.0 Å². The largest absolute Gasteiger partial charge is 0.380 e. The van der Waals surface area contributed by atoms with Gasteiger partial charge in [0.05, 0.1) is 6.61 Å². The van der Waals surface area contributed by atoms with Gasteiger partial charge < -0.3 is 15.0 Å². The van der Waals surface area contributed by atoms with E-state index in [1.54, 1.807) is 7.11 Å². The molecule has 1 aromatic carbocycles. The van der Waals surface area contributed by atoms with E-state index in [0.717, 1.165) is 13.1 Å². The highest BCUT2D eigenvalue weighted by molar-refractivity contribution is 5.50. The zero-order valence-corrected chi connectivity index (χ0v) is 12.5. The molecule has 0 radical (unpaired) electrons. The molecule has 106 valence electrons. The summed E-state index contributed by atoms with van der Waals surface area (Å²) >= 11 is 0.